The molecule has 112 valence electrons. The van der Waals surface area contributed by atoms with Gasteiger partial charge in [-0.1, -0.05) is 38.8 Å². The fourth-order valence-electron chi connectivity index (χ4n) is 2.82. The van der Waals surface area contributed by atoms with E-state index >= 15 is 0 Å². The van der Waals surface area contributed by atoms with Gasteiger partial charge in [-0.15, -0.1) is 11.8 Å². The molecule has 0 bridgehead atoms. The maximum atomic E-state index is 13.8. The molecule has 1 N–H and O–H groups in total. The normalized spacial score (nSPS) is 19.9. The molecule has 0 amide bonds. The van der Waals surface area contributed by atoms with E-state index in [-0.39, 0.29) is 5.82 Å². The number of rotatable bonds is 6. The van der Waals surface area contributed by atoms with Crippen molar-refractivity contribution in [3.05, 3.63) is 29.6 Å². The summed E-state index contributed by atoms with van der Waals surface area (Å²) in [5.41, 5.74) is 1.15. The molecule has 0 radical (unpaired) electrons. The van der Waals surface area contributed by atoms with E-state index in [1.54, 1.807) is 17.8 Å². The average Bonchev–Trinajstić information content (AvgIpc) is 2.39. The lowest BCUT2D eigenvalue weighted by Crippen LogP contribution is -2.32. The Morgan fingerprint density at radius 1 is 1.30 bits per heavy atom. The zero-order chi connectivity index (χ0) is 14.5. The van der Waals surface area contributed by atoms with Crippen molar-refractivity contribution in [2.45, 2.75) is 63.4 Å². The van der Waals surface area contributed by atoms with Crippen LogP contribution in [0.5, 0.6) is 0 Å². The van der Waals surface area contributed by atoms with Gasteiger partial charge >= 0.3 is 0 Å². The first-order valence-corrected chi connectivity index (χ1v) is 8.73. The average molecular weight is 295 g/mol. The standard InChI is InChI=1S/C17H26FNS/c1-12(2)6-4-7-13(3)19-16-10-11-20-17-14(16)8-5-9-15(17)18/h5,8-9,12-13,16,19H,4,6-7,10-11H2,1-3H3. The van der Waals surface area contributed by atoms with Crippen LogP contribution in [0.3, 0.4) is 0 Å². The Kier molecular flexibility index (Phi) is 5.91. The molecule has 1 aliphatic heterocycles. The Bertz CT molecular complexity index is 433. The van der Waals surface area contributed by atoms with Crippen LogP contribution >= 0.6 is 11.8 Å². The minimum absolute atomic E-state index is 0.0635. The fraction of sp³-hybridized carbons (Fsp3) is 0.647. The second kappa shape index (κ2) is 7.46. The largest absolute Gasteiger partial charge is 0.307 e. The Morgan fingerprint density at radius 2 is 2.10 bits per heavy atom. The van der Waals surface area contributed by atoms with Crippen molar-refractivity contribution in [3.8, 4) is 0 Å². The summed E-state index contributed by atoms with van der Waals surface area (Å²) in [5, 5.41) is 3.70. The van der Waals surface area contributed by atoms with Gasteiger partial charge in [-0.05, 0) is 43.1 Å². The number of benzene rings is 1. The maximum Gasteiger partial charge on any atom is 0.137 e. The van der Waals surface area contributed by atoms with Crippen LogP contribution in [-0.4, -0.2) is 11.8 Å². The molecule has 0 saturated carbocycles. The van der Waals surface area contributed by atoms with Gasteiger partial charge in [0.25, 0.3) is 0 Å². The van der Waals surface area contributed by atoms with Crippen molar-refractivity contribution < 1.29 is 4.39 Å². The van der Waals surface area contributed by atoms with Crippen molar-refractivity contribution in [3.63, 3.8) is 0 Å². The van der Waals surface area contributed by atoms with Crippen molar-refractivity contribution in [1.82, 2.24) is 5.32 Å². The van der Waals surface area contributed by atoms with Crippen LogP contribution in [0.4, 0.5) is 4.39 Å². The van der Waals surface area contributed by atoms with Gasteiger partial charge in [-0.2, -0.15) is 0 Å². The quantitative estimate of drug-likeness (QED) is 0.777. The third-order valence-corrected chi connectivity index (χ3v) is 5.09. The Morgan fingerprint density at radius 3 is 2.85 bits per heavy atom. The molecule has 20 heavy (non-hydrogen) atoms. The second-order valence-electron chi connectivity index (χ2n) is 6.24. The molecule has 0 saturated heterocycles. The lowest BCUT2D eigenvalue weighted by atomic mass is 10.00. The van der Waals surface area contributed by atoms with E-state index in [0.717, 1.165) is 28.6 Å². The molecular weight excluding hydrogens is 269 g/mol. The highest BCUT2D eigenvalue weighted by Gasteiger charge is 2.23. The molecule has 1 heterocycles. The summed E-state index contributed by atoms with van der Waals surface area (Å²) in [6.07, 6.45) is 4.85. The Labute approximate surface area is 126 Å². The van der Waals surface area contributed by atoms with Crippen LogP contribution in [-0.2, 0) is 0 Å². The van der Waals surface area contributed by atoms with Crippen LogP contribution in [0.15, 0.2) is 23.1 Å². The zero-order valence-electron chi connectivity index (χ0n) is 12.8. The predicted octanol–water partition coefficient (Wildman–Crippen LogP) is 5.17. The Balaban J connectivity index is 1.93. The molecule has 0 fully saturated rings. The van der Waals surface area contributed by atoms with Crippen LogP contribution in [0.25, 0.3) is 0 Å². The summed E-state index contributed by atoms with van der Waals surface area (Å²) >= 11 is 1.65. The van der Waals surface area contributed by atoms with E-state index in [2.05, 4.69) is 32.2 Å². The summed E-state index contributed by atoms with van der Waals surface area (Å²) in [5.74, 6) is 1.72. The van der Waals surface area contributed by atoms with E-state index in [1.807, 2.05) is 6.07 Å². The SMILES string of the molecule is CC(C)CCCC(C)NC1CCSc2c(F)cccc21. The number of hydrogen-bond acceptors (Lipinski definition) is 2. The van der Waals surface area contributed by atoms with Gasteiger partial charge in [0.2, 0.25) is 0 Å². The van der Waals surface area contributed by atoms with E-state index in [0.29, 0.717) is 12.1 Å². The molecule has 1 aliphatic rings. The zero-order valence-corrected chi connectivity index (χ0v) is 13.6. The number of nitrogens with one attached hydrogen (secondary N) is 1. The van der Waals surface area contributed by atoms with Crippen molar-refractivity contribution in [2.75, 3.05) is 5.75 Å². The Hall–Kier alpha value is -0.540. The molecule has 0 aromatic heterocycles. The molecule has 0 aliphatic carbocycles. The topological polar surface area (TPSA) is 12.0 Å². The third-order valence-electron chi connectivity index (χ3n) is 3.93. The maximum absolute atomic E-state index is 13.8. The smallest absolute Gasteiger partial charge is 0.137 e. The van der Waals surface area contributed by atoms with Crippen LogP contribution < -0.4 is 5.32 Å². The van der Waals surface area contributed by atoms with Crippen LogP contribution in [0.2, 0.25) is 0 Å². The number of fused-ring (bicyclic) bond motifs is 1. The number of hydrogen-bond donors (Lipinski definition) is 1. The molecule has 2 atom stereocenters. The summed E-state index contributed by atoms with van der Waals surface area (Å²) in [7, 11) is 0. The highest BCUT2D eigenvalue weighted by molar-refractivity contribution is 7.99. The minimum Gasteiger partial charge on any atom is -0.307 e. The summed E-state index contributed by atoms with van der Waals surface area (Å²) < 4.78 is 13.8. The van der Waals surface area contributed by atoms with E-state index < -0.39 is 0 Å². The molecule has 2 rings (SSSR count). The van der Waals surface area contributed by atoms with Gasteiger partial charge in [0.1, 0.15) is 5.82 Å². The highest BCUT2D eigenvalue weighted by Crippen LogP contribution is 2.38. The summed E-state index contributed by atoms with van der Waals surface area (Å²) in [6, 6.07) is 6.29. The molecule has 1 nitrogen and oxygen atoms in total. The van der Waals surface area contributed by atoms with Crippen molar-refractivity contribution >= 4 is 11.8 Å². The molecule has 1 aromatic rings. The summed E-state index contributed by atoms with van der Waals surface area (Å²) in [4.78, 5) is 0.852. The van der Waals surface area contributed by atoms with E-state index in [1.165, 1.54) is 19.3 Å². The van der Waals surface area contributed by atoms with Crippen LogP contribution in [0.1, 0.15) is 58.1 Å². The van der Waals surface area contributed by atoms with Crippen molar-refractivity contribution in [2.24, 2.45) is 5.92 Å². The minimum atomic E-state index is -0.0635. The molecule has 1 aromatic carbocycles. The first kappa shape index (κ1) is 15.8. The van der Waals surface area contributed by atoms with E-state index in [4.69, 9.17) is 0 Å². The first-order valence-electron chi connectivity index (χ1n) is 7.75. The number of halogens is 1. The summed E-state index contributed by atoms with van der Waals surface area (Å²) in [6.45, 7) is 6.80. The molecule has 2 unspecified atom stereocenters. The van der Waals surface area contributed by atoms with Crippen LogP contribution in [0, 0.1) is 11.7 Å². The van der Waals surface area contributed by atoms with Crippen molar-refractivity contribution in [1.29, 1.82) is 0 Å². The highest BCUT2D eigenvalue weighted by atomic mass is 32.2. The van der Waals surface area contributed by atoms with Gasteiger partial charge in [-0.3, -0.25) is 0 Å². The molecule has 3 heteroatoms. The van der Waals surface area contributed by atoms with Gasteiger partial charge < -0.3 is 5.32 Å². The lowest BCUT2D eigenvalue weighted by Gasteiger charge is -2.29. The van der Waals surface area contributed by atoms with Gasteiger partial charge in [0.05, 0.1) is 0 Å². The molecular formula is C17H26FNS. The van der Waals surface area contributed by atoms with Gasteiger partial charge in [0, 0.05) is 17.0 Å². The predicted molar refractivity (Wildman–Crippen MR) is 85.8 cm³/mol. The van der Waals surface area contributed by atoms with Gasteiger partial charge in [-0.25, -0.2) is 4.39 Å². The lowest BCUT2D eigenvalue weighted by molar-refractivity contribution is 0.397. The van der Waals surface area contributed by atoms with E-state index in [9.17, 15) is 4.39 Å². The molecule has 0 spiro atoms. The number of thioether (sulfide) groups is 1. The monoisotopic (exact) mass is 295 g/mol. The first-order chi connectivity index (χ1) is 9.58. The fourth-order valence-corrected chi connectivity index (χ4v) is 3.96. The second-order valence-corrected chi connectivity index (χ2v) is 7.35. The third kappa shape index (κ3) is 4.23. The van der Waals surface area contributed by atoms with Gasteiger partial charge in [0.15, 0.2) is 0 Å².